The SMILES string of the molecule is CCCC[C@H](NC(=O)[C@H](Cc1c[nH]c2ccccc12)NC(=O)[C@@H]1CS[C@H]2[C@H](CCC)[C@@H](NC(=O)[C@@H](N)Cc3ccc(O)cc3)C(=O)N12)C(=O)N[C@@H](CC(=O)O)C(=O)N[C@@H](Cc1ccccc1)C(N)=O. The van der Waals surface area contributed by atoms with Gasteiger partial charge in [0.15, 0.2) is 0 Å². The fourth-order valence-corrected chi connectivity index (χ4v) is 10.5. The number of carbonyl (C=O) groups is 8. The van der Waals surface area contributed by atoms with E-state index in [1.54, 1.807) is 48.7 Å². The number of benzene rings is 3. The Morgan fingerprint density at radius 2 is 1.41 bits per heavy atom. The molecule has 0 aliphatic carbocycles. The maximum absolute atomic E-state index is 14.5. The van der Waals surface area contributed by atoms with Gasteiger partial charge in [-0.25, -0.2) is 0 Å². The highest BCUT2D eigenvalue weighted by Gasteiger charge is 2.56. The van der Waals surface area contributed by atoms with Crippen molar-refractivity contribution in [3.8, 4) is 5.75 Å². The number of nitrogens with two attached hydrogens (primary N) is 2. The Morgan fingerprint density at radius 1 is 0.768 bits per heavy atom. The van der Waals surface area contributed by atoms with Gasteiger partial charge in [-0.1, -0.05) is 93.8 Å². The number of rotatable bonds is 24. The van der Waals surface area contributed by atoms with Crippen LogP contribution < -0.4 is 38.1 Å². The molecule has 20 heteroatoms. The number of nitrogens with zero attached hydrogens (tertiary/aromatic N) is 1. The molecule has 7 amide bonds. The molecule has 4 aromatic rings. The van der Waals surface area contributed by atoms with Gasteiger partial charge in [0.25, 0.3) is 0 Å². The summed E-state index contributed by atoms with van der Waals surface area (Å²) in [6.45, 7) is 3.83. The molecule has 2 fully saturated rings. The Hall–Kier alpha value is -6.93. The number of hydrogen-bond acceptors (Lipinski definition) is 11. The lowest BCUT2D eigenvalue weighted by Gasteiger charge is -2.28. The molecule has 12 N–H and O–H groups in total. The first-order chi connectivity index (χ1) is 33.1. The molecule has 9 atom stereocenters. The number of carbonyl (C=O) groups excluding carboxylic acids is 7. The van der Waals surface area contributed by atoms with E-state index in [0.717, 1.165) is 16.5 Å². The number of nitrogens with one attached hydrogen (secondary N) is 6. The molecular formula is C49H61N9O10S. The molecular weight excluding hydrogens is 907 g/mol. The lowest BCUT2D eigenvalue weighted by atomic mass is 9.97. The number of para-hydroxylation sites is 1. The van der Waals surface area contributed by atoms with Crippen LogP contribution in [0.1, 0.15) is 69.1 Å². The normalized spacial score (nSPS) is 19.6. The highest BCUT2D eigenvalue weighted by atomic mass is 32.2. The Bertz CT molecular complexity index is 2490. The number of phenolic OH excluding ortho intramolecular Hbond substituents is 1. The van der Waals surface area contributed by atoms with Gasteiger partial charge in [-0.05, 0) is 54.2 Å². The number of fused-ring (bicyclic) bond motifs is 2. The Kier molecular flexibility index (Phi) is 17.8. The Balaban J connectivity index is 1.20. The number of aromatic hydroxyl groups is 1. The fraction of sp³-hybridized carbons (Fsp3) is 0.429. The molecule has 19 nitrogen and oxygen atoms in total. The predicted molar refractivity (Wildman–Crippen MR) is 258 cm³/mol. The summed E-state index contributed by atoms with van der Waals surface area (Å²) in [5.41, 5.74) is 14.7. The molecule has 368 valence electrons. The second-order valence-corrected chi connectivity index (χ2v) is 18.7. The van der Waals surface area contributed by atoms with Crippen molar-refractivity contribution in [1.29, 1.82) is 0 Å². The predicted octanol–water partition coefficient (Wildman–Crippen LogP) is 1.50. The van der Waals surface area contributed by atoms with E-state index in [1.165, 1.54) is 28.8 Å². The minimum absolute atomic E-state index is 0.00861. The molecule has 2 saturated heterocycles. The average Bonchev–Trinajstić information content (AvgIpc) is 4.02. The quantitative estimate of drug-likeness (QED) is 0.0478. The van der Waals surface area contributed by atoms with Crippen molar-refractivity contribution >= 4 is 70.0 Å². The molecule has 2 aliphatic heterocycles. The van der Waals surface area contributed by atoms with Crippen LogP contribution in [0, 0.1) is 5.92 Å². The summed E-state index contributed by atoms with van der Waals surface area (Å²) in [4.78, 5) is 113. The molecule has 0 radical (unpaired) electrons. The topological polar surface area (TPSA) is 308 Å². The average molecular weight is 968 g/mol. The molecule has 0 spiro atoms. The van der Waals surface area contributed by atoms with Gasteiger partial charge in [0.2, 0.25) is 41.4 Å². The van der Waals surface area contributed by atoms with E-state index in [2.05, 4.69) is 31.6 Å². The molecule has 0 bridgehead atoms. The molecule has 0 unspecified atom stereocenters. The lowest BCUT2D eigenvalue weighted by Crippen LogP contribution is -2.60. The number of amides is 7. The first kappa shape index (κ1) is 51.5. The summed E-state index contributed by atoms with van der Waals surface area (Å²) in [5, 5.41) is 33.1. The summed E-state index contributed by atoms with van der Waals surface area (Å²) in [5.74, 6) is -6.59. The number of carboxylic acids is 1. The van der Waals surface area contributed by atoms with Crippen LogP contribution in [-0.4, -0.2) is 121 Å². The zero-order chi connectivity index (χ0) is 49.8. The minimum Gasteiger partial charge on any atom is -0.508 e. The molecule has 3 aromatic carbocycles. The standard InChI is InChI=1S/C49H61N9O10S/c1-3-5-15-35(44(64)55-38(24-40(60)61)46(66)54-36(42(51)62)22-27-12-7-6-8-13-27)53-45(65)37(23-29-25-52-34-16-10-9-14-31(29)34)56-47(67)39-26-69-49-32(11-4-2)41(48(68)58(39)49)57-43(63)33(50)21-28-17-19-30(59)20-18-28/h6-10,12-14,16-20,25,32-33,35-39,41,49,52,59H,3-5,11,15,21-24,26,50H2,1-2H3,(H2,51,62)(H,53,65)(H,54,66)(H,55,64)(H,56,67)(H,57,63)(H,60,61)/t32-,33+,35+,36+,37+,38+,39+,41-,49+/m1/s1. The molecule has 69 heavy (non-hydrogen) atoms. The molecule has 0 saturated carbocycles. The number of aromatic nitrogens is 1. The largest absolute Gasteiger partial charge is 0.508 e. The minimum atomic E-state index is -1.67. The van der Waals surface area contributed by atoms with Crippen LogP contribution in [0.25, 0.3) is 10.9 Å². The van der Waals surface area contributed by atoms with E-state index in [1.807, 2.05) is 38.1 Å². The second kappa shape index (κ2) is 23.9. The van der Waals surface area contributed by atoms with E-state index in [9.17, 15) is 48.6 Å². The van der Waals surface area contributed by atoms with Crippen LogP contribution in [0.4, 0.5) is 0 Å². The zero-order valence-electron chi connectivity index (χ0n) is 38.5. The maximum Gasteiger partial charge on any atom is 0.305 e. The van der Waals surface area contributed by atoms with Gasteiger partial charge in [-0.15, -0.1) is 11.8 Å². The smallest absolute Gasteiger partial charge is 0.305 e. The number of H-pyrrole nitrogens is 1. The third-order valence-electron chi connectivity index (χ3n) is 12.5. The number of primary amides is 1. The molecule has 3 heterocycles. The van der Waals surface area contributed by atoms with Crippen molar-refractivity contribution in [2.75, 3.05) is 5.75 Å². The first-order valence-corrected chi connectivity index (χ1v) is 24.2. The first-order valence-electron chi connectivity index (χ1n) is 23.2. The van der Waals surface area contributed by atoms with Crippen molar-refractivity contribution in [2.24, 2.45) is 17.4 Å². The number of carboxylic acid groups (broad SMARTS) is 1. The third kappa shape index (κ3) is 13.2. The van der Waals surface area contributed by atoms with Crippen LogP contribution in [0.3, 0.4) is 0 Å². The number of thioether (sulfide) groups is 1. The van der Waals surface area contributed by atoms with Gasteiger partial charge < -0.3 is 58.1 Å². The van der Waals surface area contributed by atoms with Crippen LogP contribution in [-0.2, 0) is 57.6 Å². The van der Waals surface area contributed by atoms with Gasteiger partial charge in [0, 0.05) is 41.6 Å². The highest BCUT2D eigenvalue weighted by molar-refractivity contribution is 8.00. The number of unbranched alkanes of at least 4 members (excludes halogenated alkanes) is 1. The summed E-state index contributed by atoms with van der Waals surface area (Å²) < 4.78 is 0. The third-order valence-corrected chi connectivity index (χ3v) is 13.9. The van der Waals surface area contributed by atoms with Crippen molar-refractivity contribution in [3.63, 3.8) is 0 Å². The van der Waals surface area contributed by atoms with E-state index < -0.39 is 101 Å². The van der Waals surface area contributed by atoms with Gasteiger partial charge in [-0.2, -0.15) is 0 Å². The van der Waals surface area contributed by atoms with Crippen LogP contribution >= 0.6 is 11.8 Å². The highest BCUT2D eigenvalue weighted by Crippen LogP contribution is 2.43. The summed E-state index contributed by atoms with van der Waals surface area (Å²) >= 11 is 1.41. The van der Waals surface area contributed by atoms with Crippen molar-refractivity contribution in [1.82, 2.24) is 36.5 Å². The van der Waals surface area contributed by atoms with Gasteiger partial charge in [-0.3, -0.25) is 38.4 Å². The van der Waals surface area contributed by atoms with Crippen molar-refractivity contribution in [3.05, 3.63) is 102 Å². The second-order valence-electron chi connectivity index (χ2n) is 17.5. The fourth-order valence-electron chi connectivity index (χ4n) is 8.85. The number of aromatic amines is 1. The molecule has 6 rings (SSSR count). The van der Waals surface area contributed by atoms with E-state index in [4.69, 9.17) is 11.5 Å². The molecule has 2 aliphatic rings. The number of hydrogen-bond donors (Lipinski definition) is 10. The van der Waals surface area contributed by atoms with Gasteiger partial charge in [0.1, 0.15) is 42.0 Å². The number of phenols is 1. The van der Waals surface area contributed by atoms with Crippen LogP contribution in [0.5, 0.6) is 5.75 Å². The lowest BCUT2D eigenvalue weighted by molar-refractivity contribution is -0.141. The maximum atomic E-state index is 14.5. The van der Waals surface area contributed by atoms with E-state index in [0.29, 0.717) is 36.8 Å². The summed E-state index contributed by atoms with van der Waals surface area (Å²) in [7, 11) is 0. The Morgan fingerprint density at radius 3 is 2.09 bits per heavy atom. The summed E-state index contributed by atoms with van der Waals surface area (Å²) in [6.07, 6.45) is 3.35. The summed E-state index contributed by atoms with van der Waals surface area (Å²) in [6, 6.07) is 13.9. The molecule has 1 aromatic heterocycles. The van der Waals surface area contributed by atoms with E-state index in [-0.39, 0.29) is 43.1 Å². The van der Waals surface area contributed by atoms with E-state index >= 15 is 0 Å². The van der Waals surface area contributed by atoms with Crippen molar-refractivity contribution < 1.29 is 48.6 Å². The number of aliphatic carboxylic acids is 1. The van der Waals surface area contributed by atoms with Crippen molar-refractivity contribution in [2.45, 2.75) is 119 Å². The zero-order valence-corrected chi connectivity index (χ0v) is 39.3. The monoisotopic (exact) mass is 967 g/mol. The van der Waals surface area contributed by atoms with Crippen LogP contribution in [0.15, 0.2) is 85.1 Å². The van der Waals surface area contributed by atoms with Gasteiger partial charge in [0.05, 0.1) is 17.8 Å². The Labute approximate surface area is 403 Å². The van der Waals surface area contributed by atoms with Crippen LogP contribution in [0.2, 0.25) is 0 Å². The van der Waals surface area contributed by atoms with Gasteiger partial charge >= 0.3 is 5.97 Å².